The second-order valence-corrected chi connectivity index (χ2v) is 7.67. The number of carbonyl (C=O) groups is 1. The highest BCUT2D eigenvalue weighted by molar-refractivity contribution is 7.09. The molecule has 5 heteroatoms. The lowest BCUT2D eigenvalue weighted by atomic mass is 9.94. The molecule has 0 spiro atoms. The smallest absolute Gasteiger partial charge is 0.248 e. The van der Waals surface area contributed by atoms with Crippen LogP contribution in [0.4, 0.5) is 5.69 Å². The number of nitrogens with zero attached hydrogens (tertiary/aromatic N) is 2. The highest BCUT2D eigenvalue weighted by Gasteiger charge is 2.44. The Hall–Kier alpha value is -1.88. The Kier molecular flexibility index (Phi) is 4.90. The molecular weight excluding hydrogens is 318 g/mol. The summed E-state index contributed by atoms with van der Waals surface area (Å²) >= 11 is 1.60. The van der Waals surface area contributed by atoms with Gasteiger partial charge in [-0.1, -0.05) is 30.5 Å². The maximum atomic E-state index is 13.3. The van der Waals surface area contributed by atoms with Crippen molar-refractivity contribution in [1.82, 2.24) is 9.88 Å². The number of amides is 1. The Morgan fingerprint density at radius 1 is 1.29 bits per heavy atom. The lowest BCUT2D eigenvalue weighted by Crippen LogP contribution is -2.51. The molecule has 2 aromatic rings. The largest absolute Gasteiger partial charge is 0.371 e. The normalized spacial score (nSPS) is 17.5. The van der Waals surface area contributed by atoms with E-state index in [1.54, 1.807) is 17.5 Å². The number of benzene rings is 1. The predicted octanol–water partition coefficient (Wildman–Crippen LogP) is 4.40. The van der Waals surface area contributed by atoms with Gasteiger partial charge in [0.05, 0.1) is 6.04 Å². The van der Waals surface area contributed by atoms with Gasteiger partial charge in [-0.05, 0) is 38.8 Å². The summed E-state index contributed by atoms with van der Waals surface area (Å²) in [5.74, 6) is 0.170. The first kappa shape index (κ1) is 17.0. The molecule has 1 saturated carbocycles. The van der Waals surface area contributed by atoms with Crippen molar-refractivity contribution in [1.29, 1.82) is 0 Å². The third-order valence-electron chi connectivity index (χ3n) is 5.01. The van der Waals surface area contributed by atoms with Crippen molar-refractivity contribution in [3.05, 3.63) is 46.4 Å². The quantitative estimate of drug-likeness (QED) is 0.875. The second kappa shape index (κ2) is 6.93. The number of aromatic nitrogens is 1. The average Bonchev–Trinajstić information content (AvgIpc) is 3.27. The molecule has 128 valence electrons. The van der Waals surface area contributed by atoms with E-state index >= 15 is 0 Å². The molecule has 1 heterocycles. The van der Waals surface area contributed by atoms with Gasteiger partial charge >= 0.3 is 0 Å². The van der Waals surface area contributed by atoms with Crippen LogP contribution in [0.3, 0.4) is 0 Å². The molecule has 3 rings (SSSR count). The minimum Gasteiger partial charge on any atom is -0.371 e. The fourth-order valence-electron chi connectivity index (χ4n) is 3.40. The zero-order chi connectivity index (χ0) is 17.2. The Morgan fingerprint density at radius 2 is 1.96 bits per heavy atom. The second-order valence-electron chi connectivity index (χ2n) is 6.74. The van der Waals surface area contributed by atoms with Crippen molar-refractivity contribution < 1.29 is 4.79 Å². The fourth-order valence-corrected chi connectivity index (χ4v) is 4.14. The molecular formula is C19H25N3OS. The number of aryl methyl sites for hydroxylation is 1. The molecule has 0 bridgehead atoms. The Labute approximate surface area is 147 Å². The zero-order valence-corrected chi connectivity index (χ0v) is 15.4. The standard InChI is InChI=1S/C19H25N3OS/c1-14-6-8-16(9-7-14)21-19(10-4-5-11-19)18(23)22(3)15(2)17-20-12-13-24-17/h6-9,12-13,15,21H,4-5,10-11H2,1-3H3/t15-/m1/s1. The molecule has 24 heavy (non-hydrogen) atoms. The molecule has 1 amide bonds. The minimum absolute atomic E-state index is 0.00482. The molecule has 1 N–H and O–H groups in total. The first-order valence-electron chi connectivity index (χ1n) is 8.53. The van der Waals surface area contributed by atoms with E-state index in [2.05, 4.69) is 41.5 Å². The monoisotopic (exact) mass is 343 g/mol. The summed E-state index contributed by atoms with van der Waals surface area (Å²) in [4.78, 5) is 19.5. The van der Waals surface area contributed by atoms with Crippen LogP contribution in [-0.2, 0) is 4.79 Å². The van der Waals surface area contributed by atoms with Crippen molar-refractivity contribution in [2.24, 2.45) is 0 Å². The third-order valence-corrected chi connectivity index (χ3v) is 5.96. The van der Waals surface area contributed by atoms with Gasteiger partial charge in [0, 0.05) is 24.3 Å². The van der Waals surface area contributed by atoms with Crippen LogP contribution in [0, 0.1) is 6.92 Å². The van der Waals surface area contributed by atoms with E-state index in [1.165, 1.54) is 5.56 Å². The molecule has 4 nitrogen and oxygen atoms in total. The van der Waals surface area contributed by atoms with E-state index in [0.717, 1.165) is 36.4 Å². The van der Waals surface area contributed by atoms with Crippen LogP contribution in [-0.4, -0.2) is 28.4 Å². The average molecular weight is 343 g/mol. The fraction of sp³-hybridized carbons (Fsp3) is 0.474. The number of likely N-dealkylation sites (N-methyl/N-ethyl adjacent to an activating group) is 1. The maximum Gasteiger partial charge on any atom is 0.248 e. The summed E-state index contributed by atoms with van der Waals surface area (Å²) in [6.45, 7) is 4.12. The van der Waals surface area contributed by atoms with Gasteiger partial charge in [-0.15, -0.1) is 11.3 Å². The summed E-state index contributed by atoms with van der Waals surface area (Å²) in [7, 11) is 1.89. The molecule has 1 atom stereocenters. The van der Waals surface area contributed by atoms with Gasteiger partial charge in [0.1, 0.15) is 10.5 Å². The molecule has 1 aromatic carbocycles. The predicted molar refractivity (Wildman–Crippen MR) is 99.3 cm³/mol. The number of thiazole rings is 1. The summed E-state index contributed by atoms with van der Waals surface area (Å²) in [6.07, 6.45) is 5.74. The SMILES string of the molecule is Cc1ccc(NC2(C(=O)N(C)[C@H](C)c3nccs3)CCCC2)cc1. The highest BCUT2D eigenvalue weighted by Crippen LogP contribution is 2.36. The van der Waals surface area contributed by atoms with Crippen molar-refractivity contribution in [3.8, 4) is 0 Å². The van der Waals surface area contributed by atoms with Crippen LogP contribution < -0.4 is 5.32 Å². The third kappa shape index (κ3) is 3.31. The van der Waals surface area contributed by atoms with Crippen LogP contribution in [0.25, 0.3) is 0 Å². The van der Waals surface area contributed by atoms with E-state index in [9.17, 15) is 4.79 Å². The Balaban J connectivity index is 1.81. The van der Waals surface area contributed by atoms with Gasteiger partial charge in [-0.2, -0.15) is 0 Å². The lowest BCUT2D eigenvalue weighted by molar-refractivity contribution is -0.136. The van der Waals surface area contributed by atoms with Gasteiger partial charge in [-0.25, -0.2) is 4.98 Å². The Morgan fingerprint density at radius 3 is 2.54 bits per heavy atom. The zero-order valence-electron chi connectivity index (χ0n) is 14.6. The van der Waals surface area contributed by atoms with Crippen molar-refractivity contribution in [2.45, 2.75) is 51.1 Å². The molecule has 0 radical (unpaired) electrons. The number of nitrogens with one attached hydrogen (secondary N) is 1. The van der Waals surface area contributed by atoms with E-state index in [-0.39, 0.29) is 11.9 Å². The molecule has 1 aliphatic rings. The molecule has 0 aliphatic heterocycles. The number of rotatable bonds is 5. The number of hydrogen-bond donors (Lipinski definition) is 1. The summed E-state index contributed by atoms with van der Waals surface area (Å²) in [5, 5.41) is 6.49. The first-order valence-corrected chi connectivity index (χ1v) is 9.41. The lowest BCUT2D eigenvalue weighted by Gasteiger charge is -2.36. The highest BCUT2D eigenvalue weighted by atomic mass is 32.1. The summed E-state index contributed by atoms with van der Waals surface area (Å²) < 4.78 is 0. The summed E-state index contributed by atoms with van der Waals surface area (Å²) in [6, 6.07) is 8.28. The molecule has 0 unspecified atom stereocenters. The van der Waals surface area contributed by atoms with E-state index in [0.29, 0.717) is 0 Å². The van der Waals surface area contributed by atoms with Crippen molar-refractivity contribution in [3.63, 3.8) is 0 Å². The first-order chi connectivity index (χ1) is 11.5. The van der Waals surface area contributed by atoms with Crippen LogP contribution in [0.2, 0.25) is 0 Å². The number of carbonyl (C=O) groups excluding carboxylic acids is 1. The van der Waals surface area contributed by atoms with E-state index in [4.69, 9.17) is 0 Å². The Bertz CT molecular complexity index is 675. The van der Waals surface area contributed by atoms with E-state index < -0.39 is 5.54 Å². The molecule has 0 saturated heterocycles. The van der Waals surface area contributed by atoms with Crippen LogP contribution in [0.5, 0.6) is 0 Å². The van der Waals surface area contributed by atoms with Gasteiger partial charge in [-0.3, -0.25) is 4.79 Å². The van der Waals surface area contributed by atoms with Gasteiger partial charge in [0.25, 0.3) is 0 Å². The molecule has 1 aromatic heterocycles. The number of anilines is 1. The van der Waals surface area contributed by atoms with Crippen LogP contribution in [0.15, 0.2) is 35.8 Å². The topological polar surface area (TPSA) is 45.2 Å². The molecule has 1 aliphatic carbocycles. The van der Waals surface area contributed by atoms with Gasteiger partial charge in [0.15, 0.2) is 0 Å². The van der Waals surface area contributed by atoms with Crippen LogP contribution >= 0.6 is 11.3 Å². The minimum atomic E-state index is -0.491. The summed E-state index contributed by atoms with van der Waals surface area (Å²) in [5.41, 5.74) is 1.75. The van der Waals surface area contributed by atoms with Gasteiger partial charge in [0.2, 0.25) is 5.91 Å². The molecule has 1 fully saturated rings. The maximum absolute atomic E-state index is 13.3. The van der Waals surface area contributed by atoms with Crippen molar-refractivity contribution in [2.75, 3.05) is 12.4 Å². The van der Waals surface area contributed by atoms with Crippen LogP contribution in [0.1, 0.15) is 49.2 Å². The number of hydrogen-bond acceptors (Lipinski definition) is 4. The van der Waals surface area contributed by atoms with Crippen molar-refractivity contribution >= 4 is 22.9 Å². The van der Waals surface area contributed by atoms with E-state index in [1.807, 2.05) is 24.3 Å². The van der Waals surface area contributed by atoms with Gasteiger partial charge < -0.3 is 10.2 Å².